The maximum Gasteiger partial charge on any atom is 0.335 e. The van der Waals surface area contributed by atoms with E-state index in [1.807, 2.05) is 0 Å². The third-order valence-corrected chi connectivity index (χ3v) is 0.996. The highest BCUT2D eigenvalue weighted by molar-refractivity contribution is 5.72. The smallest absolute Gasteiger partial charge is 0.335 e. The summed E-state index contributed by atoms with van der Waals surface area (Å²) < 4.78 is 0. The Hall–Kier alpha value is -0.610. The average molecular weight is 133 g/mol. The number of hydrogen-bond donors (Lipinski definition) is 2. The van der Waals surface area contributed by atoms with E-state index in [4.69, 9.17) is 11.0 Å². The van der Waals surface area contributed by atoms with E-state index in [2.05, 4.69) is 4.84 Å². The molecule has 0 aromatic rings. The van der Waals surface area contributed by atoms with Crippen LogP contribution >= 0.6 is 0 Å². The van der Waals surface area contributed by atoms with Crippen LogP contribution in [0.4, 0.5) is 0 Å². The molecule has 0 spiro atoms. The second-order valence-electron chi connectivity index (χ2n) is 2.14. The van der Waals surface area contributed by atoms with Crippen molar-refractivity contribution in [2.75, 3.05) is 0 Å². The van der Waals surface area contributed by atoms with Crippen molar-refractivity contribution in [2.45, 2.75) is 20.0 Å². The van der Waals surface area contributed by atoms with Gasteiger partial charge in [0.15, 0.2) is 6.10 Å². The van der Waals surface area contributed by atoms with Crippen LogP contribution in [0, 0.1) is 5.92 Å². The lowest BCUT2D eigenvalue weighted by Gasteiger charge is -2.11. The van der Waals surface area contributed by atoms with Gasteiger partial charge in [-0.05, 0) is 5.92 Å². The van der Waals surface area contributed by atoms with Gasteiger partial charge in [-0.1, -0.05) is 13.8 Å². The first-order chi connectivity index (χ1) is 4.09. The third-order valence-electron chi connectivity index (χ3n) is 0.996. The van der Waals surface area contributed by atoms with Crippen LogP contribution in [-0.4, -0.2) is 17.2 Å². The molecule has 0 bridgehead atoms. The normalized spacial score (nSPS) is 13.8. The number of rotatable bonds is 3. The molecule has 0 aromatic carbocycles. The molecule has 0 aromatic heterocycles. The molecule has 0 saturated carbocycles. The van der Waals surface area contributed by atoms with Gasteiger partial charge in [0.1, 0.15) is 0 Å². The fourth-order valence-electron chi connectivity index (χ4n) is 0.500. The summed E-state index contributed by atoms with van der Waals surface area (Å²) in [7, 11) is 0. The van der Waals surface area contributed by atoms with Crippen LogP contribution in [0.25, 0.3) is 0 Å². The van der Waals surface area contributed by atoms with Gasteiger partial charge >= 0.3 is 5.97 Å². The van der Waals surface area contributed by atoms with E-state index < -0.39 is 12.1 Å². The molecule has 0 radical (unpaired) electrons. The standard InChI is InChI=1S/C5H11NO3/c1-3(2)4(9-6)5(7)8/h3-4H,6H2,1-2H3,(H,7,8)/t4-/m1/s1. The predicted molar refractivity (Wildman–Crippen MR) is 31.5 cm³/mol. The van der Waals surface area contributed by atoms with E-state index >= 15 is 0 Å². The first-order valence-corrected chi connectivity index (χ1v) is 2.68. The molecule has 1 atom stereocenters. The first-order valence-electron chi connectivity index (χ1n) is 2.68. The van der Waals surface area contributed by atoms with Crippen molar-refractivity contribution in [1.82, 2.24) is 0 Å². The monoisotopic (exact) mass is 133 g/mol. The van der Waals surface area contributed by atoms with Crippen LogP contribution in [0.15, 0.2) is 0 Å². The lowest BCUT2D eigenvalue weighted by molar-refractivity contribution is -0.153. The fourth-order valence-corrected chi connectivity index (χ4v) is 0.500. The van der Waals surface area contributed by atoms with Crippen molar-refractivity contribution in [3.63, 3.8) is 0 Å². The fraction of sp³-hybridized carbons (Fsp3) is 0.800. The van der Waals surface area contributed by atoms with Crippen molar-refractivity contribution in [2.24, 2.45) is 11.8 Å². The minimum atomic E-state index is -1.02. The number of hydrogen-bond acceptors (Lipinski definition) is 3. The van der Waals surface area contributed by atoms with Crippen LogP contribution < -0.4 is 5.90 Å². The molecule has 3 N–H and O–H groups in total. The molecule has 0 heterocycles. The molecule has 54 valence electrons. The second-order valence-corrected chi connectivity index (χ2v) is 2.14. The van der Waals surface area contributed by atoms with Crippen LogP contribution in [0.2, 0.25) is 0 Å². The Morgan fingerprint density at radius 1 is 1.67 bits per heavy atom. The minimum absolute atomic E-state index is 0.0903. The highest BCUT2D eigenvalue weighted by atomic mass is 16.6. The largest absolute Gasteiger partial charge is 0.479 e. The SMILES string of the molecule is CC(C)[C@@H](ON)C(=O)O. The zero-order valence-electron chi connectivity index (χ0n) is 5.50. The Balaban J connectivity index is 3.83. The van der Waals surface area contributed by atoms with Crippen molar-refractivity contribution < 1.29 is 14.7 Å². The van der Waals surface area contributed by atoms with Crippen molar-refractivity contribution in [3.05, 3.63) is 0 Å². The Morgan fingerprint density at radius 2 is 2.11 bits per heavy atom. The zero-order chi connectivity index (χ0) is 7.44. The van der Waals surface area contributed by atoms with Crippen LogP contribution in [0.1, 0.15) is 13.8 Å². The average Bonchev–Trinajstić information content (AvgIpc) is 1.64. The molecule has 4 heteroatoms. The molecule has 0 unspecified atom stereocenters. The second kappa shape index (κ2) is 3.42. The Bertz CT molecular complexity index is 102. The van der Waals surface area contributed by atoms with Crippen LogP contribution in [0.5, 0.6) is 0 Å². The van der Waals surface area contributed by atoms with E-state index in [-0.39, 0.29) is 5.92 Å². The topological polar surface area (TPSA) is 72.5 Å². The number of aliphatic carboxylic acids is 1. The van der Waals surface area contributed by atoms with E-state index in [0.717, 1.165) is 0 Å². The molecule has 0 amide bonds. The van der Waals surface area contributed by atoms with Crippen molar-refractivity contribution in [1.29, 1.82) is 0 Å². The Morgan fingerprint density at radius 3 is 2.11 bits per heavy atom. The Kier molecular flexibility index (Phi) is 3.19. The molecule has 0 aliphatic rings. The molecule has 0 fully saturated rings. The van der Waals surface area contributed by atoms with Crippen LogP contribution in [0.3, 0.4) is 0 Å². The summed E-state index contributed by atoms with van der Waals surface area (Å²) >= 11 is 0. The van der Waals surface area contributed by atoms with Gasteiger partial charge in [0.2, 0.25) is 0 Å². The molecule has 4 nitrogen and oxygen atoms in total. The van der Waals surface area contributed by atoms with E-state index in [1.165, 1.54) is 0 Å². The maximum atomic E-state index is 10.2. The van der Waals surface area contributed by atoms with Gasteiger partial charge < -0.3 is 5.11 Å². The molecule has 0 aliphatic carbocycles. The number of carboxylic acids is 1. The lowest BCUT2D eigenvalue weighted by atomic mass is 10.1. The van der Waals surface area contributed by atoms with Crippen molar-refractivity contribution >= 4 is 5.97 Å². The molecule has 9 heavy (non-hydrogen) atoms. The number of nitrogens with two attached hydrogens (primary N) is 1. The molecule has 0 saturated heterocycles. The summed E-state index contributed by atoms with van der Waals surface area (Å²) in [6.07, 6.45) is -0.884. The third kappa shape index (κ3) is 2.43. The molecular weight excluding hydrogens is 122 g/mol. The summed E-state index contributed by atoms with van der Waals surface area (Å²) in [4.78, 5) is 14.3. The molecule has 0 aliphatic heterocycles. The summed E-state index contributed by atoms with van der Waals surface area (Å²) in [6.45, 7) is 3.46. The Labute approximate surface area is 53.6 Å². The van der Waals surface area contributed by atoms with E-state index in [1.54, 1.807) is 13.8 Å². The van der Waals surface area contributed by atoms with Crippen LogP contribution in [-0.2, 0) is 9.63 Å². The summed E-state index contributed by atoms with van der Waals surface area (Å²) in [6, 6.07) is 0. The maximum absolute atomic E-state index is 10.2. The van der Waals surface area contributed by atoms with Gasteiger partial charge in [-0.3, -0.25) is 4.84 Å². The lowest BCUT2D eigenvalue weighted by Crippen LogP contribution is -2.31. The van der Waals surface area contributed by atoms with Gasteiger partial charge in [0.25, 0.3) is 0 Å². The zero-order valence-corrected chi connectivity index (χ0v) is 5.50. The number of carbonyl (C=O) groups is 1. The highest BCUT2D eigenvalue weighted by Gasteiger charge is 2.20. The highest BCUT2D eigenvalue weighted by Crippen LogP contribution is 2.02. The first kappa shape index (κ1) is 8.39. The van der Waals surface area contributed by atoms with E-state index in [0.29, 0.717) is 0 Å². The summed E-state index contributed by atoms with van der Waals surface area (Å²) in [5.41, 5.74) is 0. The van der Waals surface area contributed by atoms with Gasteiger partial charge in [0, 0.05) is 0 Å². The summed E-state index contributed by atoms with van der Waals surface area (Å²) in [5.74, 6) is 3.58. The van der Waals surface area contributed by atoms with Gasteiger partial charge in [-0.25, -0.2) is 10.7 Å². The minimum Gasteiger partial charge on any atom is -0.479 e. The predicted octanol–water partition coefficient (Wildman–Crippen LogP) is -0.0141. The van der Waals surface area contributed by atoms with Gasteiger partial charge in [-0.2, -0.15) is 0 Å². The van der Waals surface area contributed by atoms with Gasteiger partial charge in [0.05, 0.1) is 0 Å². The quantitative estimate of drug-likeness (QED) is 0.531. The molecule has 0 rings (SSSR count). The van der Waals surface area contributed by atoms with Gasteiger partial charge in [-0.15, -0.1) is 0 Å². The van der Waals surface area contributed by atoms with Crippen molar-refractivity contribution in [3.8, 4) is 0 Å². The van der Waals surface area contributed by atoms with E-state index in [9.17, 15) is 4.79 Å². The summed E-state index contributed by atoms with van der Waals surface area (Å²) in [5, 5.41) is 8.34. The molecular formula is C5H11NO3. The number of carboxylic acid groups (broad SMARTS) is 1.